The summed E-state index contributed by atoms with van der Waals surface area (Å²) in [5.41, 5.74) is 5.98. The number of fused-ring (bicyclic) bond motifs is 1. The van der Waals surface area contributed by atoms with Crippen LogP contribution in [0.25, 0.3) is 10.9 Å². The second kappa shape index (κ2) is 4.88. The lowest BCUT2D eigenvalue weighted by atomic mass is 9.93. The molecular formula is C19H19NO. The number of hydrogen-bond acceptors (Lipinski definition) is 1. The lowest BCUT2D eigenvalue weighted by Gasteiger charge is -2.09. The number of nitrogens with zero attached hydrogens (tertiary/aromatic N) is 1. The highest BCUT2D eigenvalue weighted by molar-refractivity contribution is 6.17. The highest BCUT2D eigenvalue weighted by Gasteiger charge is 2.19. The molecule has 2 nitrogen and oxygen atoms in total. The summed E-state index contributed by atoms with van der Waals surface area (Å²) in [6, 6.07) is 12.2. The van der Waals surface area contributed by atoms with Crippen molar-refractivity contribution in [2.24, 2.45) is 7.05 Å². The molecule has 1 heterocycles. The van der Waals surface area contributed by atoms with Crippen LogP contribution in [0.5, 0.6) is 0 Å². The van der Waals surface area contributed by atoms with Crippen LogP contribution in [0.15, 0.2) is 42.6 Å². The Morgan fingerprint density at radius 3 is 2.29 bits per heavy atom. The van der Waals surface area contributed by atoms with Crippen LogP contribution < -0.4 is 0 Å². The van der Waals surface area contributed by atoms with Gasteiger partial charge < -0.3 is 4.57 Å². The molecule has 3 aromatic rings. The number of rotatable bonds is 2. The first-order valence-corrected chi connectivity index (χ1v) is 7.15. The molecule has 0 N–H and O–H groups in total. The third kappa shape index (κ3) is 2.17. The van der Waals surface area contributed by atoms with E-state index < -0.39 is 0 Å². The Labute approximate surface area is 125 Å². The van der Waals surface area contributed by atoms with Gasteiger partial charge in [-0.25, -0.2) is 0 Å². The molecule has 0 saturated heterocycles. The zero-order valence-electron chi connectivity index (χ0n) is 12.9. The van der Waals surface area contributed by atoms with Gasteiger partial charge in [0, 0.05) is 35.3 Å². The second-order valence-corrected chi connectivity index (χ2v) is 5.77. The Balaban J connectivity index is 2.23. The zero-order chi connectivity index (χ0) is 15.1. The Morgan fingerprint density at radius 2 is 1.62 bits per heavy atom. The van der Waals surface area contributed by atoms with Crippen molar-refractivity contribution in [2.45, 2.75) is 20.8 Å². The van der Waals surface area contributed by atoms with Crippen molar-refractivity contribution in [3.05, 3.63) is 70.4 Å². The van der Waals surface area contributed by atoms with Crippen molar-refractivity contribution in [3.63, 3.8) is 0 Å². The molecule has 2 aromatic carbocycles. The van der Waals surface area contributed by atoms with Gasteiger partial charge in [0.2, 0.25) is 0 Å². The number of aryl methyl sites for hydroxylation is 4. The van der Waals surface area contributed by atoms with Gasteiger partial charge in [-0.15, -0.1) is 0 Å². The molecule has 0 spiro atoms. The first kappa shape index (κ1) is 13.6. The Bertz CT molecular complexity index is 832. The van der Waals surface area contributed by atoms with E-state index in [0.717, 1.165) is 33.2 Å². The third-order valence-electron chi connectivity index (χ3n) is 4.05. The quantitative estimate of drug-likeness (QED) is 0.639. The van der Waals surface area contributed by atoms with Crippen molar-refractivity contribution in [1.82, 2.24) is 4.57 Å². The molecule has 106 valence electrons. The topological polar surface area (TPSA) is 22.0 Å². The fourth-order valence-electron chi connectivity index (χ4n) is 3.20. The molecule has 0 amide bonds. The molecule has 0 saturated carbocycles. The van der Waals surface area contributed by atoms with Crippen molar-refractivity contribution in [2.75, 3.05) is 0 Å². The molecule has 21 heavy (non-hydrogen) atoms. The summed E-state index contributed by atoms with van der Waals surface area (Å²) >= 11 is 0. The van der Waals surface area contributed by atoms with Crippen LogP contribution in [0, 0.1) is 20.8 Å². The van der Waals surface area contributed by atoms with E-state index in [9.17, 15) is 4.79 Å². The lowest BCUT2D eigenvalue weighted by molar-refractivity contribution is 0.103. The normalized spacial score (nSPS) is 11.0. The maximum Gasteiger partial charge on any atom is 0.195 e. The monoisotopic (exact) mass is 277 g/mol. The Morgan fingerprint density at radius 1 is 1.00 bits per heavy atom. The molecular weight excluding hydrogens is 258 g/mol. The molecule has 0 aliphatic heterocycles. The van der Waals surface area contributed by atoms with E-state index in [1.807, 2.05) is 55.9 Å². The summed E-state index contributed by atoms with van der Waals surface area (Å²) in [6.45, 7) is 6.09. The van der Waals surface area contributed by atoms with Gasteiger partial charge in [0.25, 0.3) is 0 Å². The van der Waals surface area contributed by atoms with Crippen molar-refractivity contribution in [3.8, 4) is 0 Å². The number of ketones is 1. The molecule has 1 aromatic heterocycles. The molecule has 0 bridgehead atoms. The molecule has 0 aliphatic carbocycles. The van der Waals surface area contributed by atoms with Crippen LogP contribution in [0.3, 0.4) is 0 Å². The van der Waals surface area contributed by atoms with Gasteiger partial charge in [0.1, 0.15) is 0 Å². The second-order valence-electron chi connectivity index (χ2n) is 5.77. The van der Waals surface area contributed by atoms with Gasteiger partial charge in [0.05, 0.1) is 0 Å². The molecule has 0 aliphatic rings. The van der Waals surface area contributed by atoms with Gasteiger partial charge in [0.15, 0.2) is 5.78 Å². The minimum absolute atomic E-state index is 0.113. The number of hydrogen-bond donors (Lipinski definition) is 0. The van der Waals surface area contributed by atoms with Crippen LogP contribution in [-0.2, 0) is 7.05 Å². The summed E-state index contributed by atoms with van der Waals surface area (Å²) in [5, 5.41) is 1.02. The van der Waals surface area contributed by atoms with Crippen LogP contribution in [0.1, 0.15) is 32.6 Å². The summed E-state index contributed by atoms with van der Waals surface area (Å²) in [4.78, 5) is 13.0. The first-order chi connectivity index (χ1) is 9.99. The smallest absolute Gasteiger partial charge is 0.195 e. The molecule has 0 unspecified atom stereocenters. The molecule has 0 atom stereocenters. The van der Waals surface area contributed by atoms with Crippen LogP contribution >= 0.6 is 0 Å². The molecule has 2 heteroatoms. The maximum absolute atomic E-state index is 13.0. The van der Waals surface area contributed by atoms with Crippen LogP contribution in [0.2, 0.25) is 0 Å². The van der Waals surface area contributed by atoms with Crippen molar-refractivity contribution >= 4 is 16.7 Å². The van der Waals surface area contributed by atoms with Gasteiger partial charge in [-0.3, -0.25) is 4.79 Å². The van der Waals surface area contributed by atoms with E-state index in [-0.39, 0.29) is 5.78 Å². The van der Waals surface area contributed by atoms with Gasteiger partial charge in [-0.2, -0.15) is 0 Å². The molecule has 3 rings (SSSR count). The van der Waals surface area contributed by atoms with E-state index in [2.05, 4.69) is 19.1 Å². The van der Waals surface area contributed by atoms with Gasteiger partial charge in [-0.05, 0) is 38.0 Å². The van der Waals surface area contributed by atoms with E-state index in [4.69, 9.17) is 0 Å². The SMILES string of the molecule is Cc1cc(C)c(C(=O)c2cn(C)c3ccccc23)c(C)c1. The lowest BCUT2D eigenvalue weighted by Crippen LogP contribution is -2.06. The van der Waals surface area contributed by atoms with Crippen molar-refractivity contribution in [1.29, 1.82) is 0 Å². The summed E-state index contributed by atoms with van der Waals surface area (Å²) < 4.78 is 2.02. The minimum Gasteiger partial charge on any atom is -0.350 e. The summed E-state index contributed by atoms with van der Waals surface area (Å²) in [7, 11) is 1.98. The molecule has 0 fully saturated rings. The number of benzene rings is 2. The zero-order valence-corrected chi connectivity index (χ0v) is 12.9. The number of carbonyl (C=O) groups is 1. The number of para-hydroxylation sites is 1. The Kier molecular flexibility index (Phi) is 3.17. The highest BCUT2D eigenvalue weighted by Crippen LogP contribution is 2.26. The van der Waals surface area contributed by atoms with E-state index in [1.165, 1.54) is 5.56 Å². The fraction of sp³-hybridized carbons (Fsp3) is 0.211. The van der Waals surface area contributed by atoms with Crippen LogP contribution in [0.4, 0.5) is 0 Å². The van der Waals surface area contributed by atoms with E-state index >= 15 is 0 Å². The standard InChI is InChI=1S/C19H19NO/c1-12-9-13(2)18(14(3)10-12)19(21)16-11-20(4)17-8-6-5-7-15(16)17/h5-11H,1-4H3. The highest BCUT2D eigenvalue weighted by atomic mass is 16.1. The number of carbonyl (C=O) groups excluding carboxylic acids is 1. The third-order valence-corrected chi connectivity index (χ3v) is 4.05. The molecule has 0 radical (unpaired) electrons. The fourth-order valence-corrected chi connectivity index (χ4v) is 3.20. The number of aromatic nitrogens is 1. The average molecular weight is 277 g/mol. The summed E-state index contributed by atoms with van der Waals surface area (Å²) in [5.74, 6) is 0.113. The van der Waals surface area contributed by atoms with Gasteiger partial charge in [-0.1, -0.05) is 35.9 Å². The van der Waals surface area contributed by atoms with Crippen LogP contribution in [-0.4, -0.2) is 10.4 Å². The Hall–Kier alpha value is -2.35. The van der Waals surface area contributed by atoms with Crippen molar-refractivity contribution < 1.29 is 4.79 Å². The maximum atomic E-state index is 13.0. The predicted molar refractivity (Wildman–Crippen MR) is 87.0 cm³/mol. The van der Waals surface area contributed by atoms with E-state index in [1.54, 1.807) is 0 Å². The largest absolute Gasteiger partial charge is 0.350 e. The first-order valence-electron chi connectivity index (χ1n) is 7.15. The average Bonchev–Trinajstić information content (AvgIpc) is 2.75. The predicted octanol–water partition coefficient (Wildman–Crippen LogP) is 4.33. The van der Waals surface area contributed by atoms with E-state index in [0.29, 0.717) is 0 Å². The minimum atomic E-state index is 0.113. The summed E-state index contributed by atoms with van der Waals surface area (Å²) in [6.07, 6.45) is 1.94. The van der Waals surface area contributed by atoms with Gasteiger partial charge >= 0.3 is 0 Å².